The van der Waals surface area contributed by atoms with Crippen molar-refractivity contribution in [2.45, 2.75) is 64.0 Å². The maximum atomic E-state index is 12.5. The number of urea groups is 1. The van der Waals surface area contributed by atoms with E-state index < -0.39 is 6.61 Å². The second-order valence-corrected chi connectivity index (χ2v) is 7.30. The second-order valence-electron chi connectivity index (χ2n) is 7.30. The first-order chi connectivity index (χ1) is 14.5. The molecule has 0 atom stereocenters. The molecule has 1 fully saturated rings. The lowest BCUT2D eigenvalue weighted by atomic mass is 9.96. The molecule has 0 unspecified atom stereocenters. The van der Waals surface area contributed by atoms with Crippen LogP contribution >= 0.6 is 0 Å². The highest BCUT2D eigenvalue weighted by Crippen LogP contribution is 2.29. The van der Waals surface area contributed by atoms with Crippen LogP contribution in [0, 0.1) is 0 Å². The minimum atomic E-state index is -2.94. The van der Waals surface area contributed by atoms with E-state index in [0.717, 1.165) is 31.2 Å². The third-order valence-electron chi connectivity index (χ3n) is 4.99. The minimum absolute atomic E-state index is 0.0334. The van der Waals surface area contributed by atoms with Crippen molar-refractivity contribution in [2.75, 3.05) is 20.2 Å². The van der Waals surface area contributed by atoms with Gasteiger partial charge in [-0.25, -0.2) is 4.79 Å². The quantitative estimate of drug-likeness (QED) is 0.473. The molecule has 1 aromatic carbocycles. The fourth-order valence-corrected chi connectivity index (χ4v) is 3.43. The number of amides is 3. The maximum Gasteiger partial charge on any atom is 0.387 e. The molecule has 9 heteroatoms. The summed E-state index contributed by atoms with van der Waals surface area (Å²) < 4.78 is 34.4. The summed E-state index contributed by atoms with van der Waals surface area (Å²) in [7, 11) is 1.38. The van der Waals surface area contributed by atoms with Crippen LogP contribution in [0.1, 0.15) is 50.5 Å². The minimum Gasteiger partial charge on any atom is -0.493 e. The molecule has 30 heavy (non-hydrogen) atoms. The Hall–Kier alpha value is -2.58. The van der Waals surface area contributed by atoms with E-state index in [4.69, 9.17) is 4.74 Å². The van der Waals surface area contributed by atoms with Gasteiger partial charge in [0.15, 0.2) is 11.5 Å². The number of methoxy groups -OCH3 is 1. The first-order valence-corrected chi connectivity index (χ1v) is 10.4. The summed E-state index contributed by atoms with van der Waals surface area (Å²) in [5.74, 6) is 0.0686. The van der Waals surface area contributed by atoms with Crippen LogP contribution in [0.3, 0.4) is 0 Å². The predicted octanol–water partition coefficient (Wildman–Crippen LogP) is 3.37. The molecule has 0 saturated heterocycles. The zero-order chi connectivity index (χ0) is 21.8. The number of benzene rings is 1. The van der Waals surface area contributed by atoms with Crippen molar-refractivity contribution in [2.24, 2.45) is 0 Å². The normalized spacial score (nSPS) is 14.3. The number of halogens is 2. The van der Waals surface area contributed by atoms with Crippen molar-refractivity contribution in [1.29, 1.82) is 0 Å². The zero-order valence-corrected chi connectivity index (χ0v) is 17.3. The maximum absolute atomic E-state index is 12.5. The average molecular weight is 427 g/mol. The number of ether oxygens (including phenoxy) is 2. The van der Waals surface area contributed by atoms with Crippen LogP contribution in [0.25, 0.3) is 0 Å². The van der Waals surface area contributed by atoms with Gasteiger partial charge in [-0.15, -0.1) is 0 Å². The van der Waals surface area contributed by atoms with Gasteiger partial charge in [-0.05, 0) is 43.4 Å². The molecular formula is C21H31F2N3O4. The smallest absolute Gasteiger partial charge is 0.387 e. The molecule has 0 heterocycles. The molecule has 1 aliphatic carbocycles. The van der Waals surface area contributed by atoms with Crippen molar-refractivity contribution in [1.82, 2.24) is 16.0 Å². The van der Waals surface area contributed by atoms with Crippen LogP contribution in [0.4, 0.5) is 13.6 Å². The second kappa shape index (κ2) is 12.9. The van der Waals surface area contributed by atoms with Gasteiger partial charge in [-0.2, -0.15) is 8.78 Å². The van der Waals surface area contributed by atoms with Gasteiger partial charge in [-0.1, -0.05) is 25.3 Å². The van der Waals surface area contributed by atoms with Crippen molar-refractivity contribution in [3.05, 3.63) is 23.8 Å². The van der Waals surface area contributed by atoms with E-state index >= 15 is 0 Å². The van der Waals surface area contributed by atoms with Crippen LogP contribution in [-0.2, 0) is 11.2 Å². The van der Waals surface area contributed by atoms with Crippen LogP contribution < -0.4 is 25.4 Å². The molecular weight excluding hydrogens is 396 g/mol. The largest absolute Gasteiger partial charge is 0.493 e. The van der Waals surface area contributed by atoms with Gasteiger partial charge in [-0.3, -0.25) is 4.79 Å². The van der Waals surface area contributed by atoms with E-state index in [1.807, 2.05) is 0 Å². The molecule has 2 rings (SSSR count). The van der Waals surface area contributed by atoms with Crippen molar-refractivity contribution >= 4 is 11.9 Å². The molecule has 0 aliphatic heterocycles. The third-order valence-corrected chi connectivity index (χ3v) is 4.99. The van der Waals surface area contributed by atoms with Crippen molar-refractivity contribution < 1.29 is 27.8 Å². The van der Waals surface area contributed by atoms with Gasteiger partial charge in [0.25, 0.3) is 0 Å². The van der Waals surface area contributed by atoms with Crippen LogP contribution in [0.5, 0.6) is 11.5 Å². The molecule has 0 radical (unpaired) electrons. The van der Waals surface area contributed by atoms with E-state index in [9.17, 15) is 18.4 Å². The molecule has 0 bridgehead atoms. The number of rotatable bonds is 11. The van der Waals surface area contributed by atoms with Gasteiger partial charge in [0.2, 0.25) is 5.91 Å². The summed E-state index contributed by atoms with van der Waals surface area (Å²) in [5.41, 5.74) is 0.743. The zero-order valence-electron chi connectivity index (χ0n) is 17.3. The highest BCUT2D eigenvalue weighted by molar-refractivity contribution is 5.76. The van der Waals surface area contributed by atoms with E-state index in [2.05, 4.69) is 20.7 Å². The number of nitrogens with one attached hydrogen (secondary N) is 3. The van der Waals surface area contributed by atoms with Gasteiger partial charge in [0, 0.05) is 25.6 Å². The summed E-state index contributed by atoms with van der Waals surface area (Å²) in [4.78, 5) is 23.8. The number of carbonyl (C=O) groups is 2. The summed E-state index contributed by atoms with van der Waals surface area (Å²) in [6.45, 7) is -2.14. The molecule has 168 valence electrons. The molecule has 3 amide bonds. The Labute approximate surface area is 175 Å². The first-order valence-electron chi connectivity index (χ1n) is 10.4. The summed E-state index contributed by atoms with van der Waals surface area (Å²) in [6.07, 6.45) is 6.91. The number of carbonyl (C=O) groups excluding carboxylic acids is 2. The lowest BCUT2D eigenvalue weighted by Gasteiger charge is -2.22. The first kappa shape index (κ1) is 23.7. The lowest BCUT2D eigenvalue weighted by molar-refractivity contribution is -0.121. The molecule has 1 aliphatic rings. The predicted molar refractivity (Wildman–Crippen MR) is 109 cm³/mol. The Morgan fingerprint density at radius 3 is 2.57 bits per heavy atom. The van der Waals surface area contributed by atoms with Gasteiger partial charge < -0.3 is 25.4 Å². The lowest BCUT2D eigenvalue weighted by Crippen LogP contribution is -2.43. The van der Waals surface area contributed by atoms with Gasteiger partial charge in [0.05, 0.1) is 7.11 Å². The average Bonchev–Trinajstić information content (AvgIpc) is 2.72. The molecule has 0 aromatic heterocycles. The molecule has 3 N–H and O–H groups in total. The van der Waals surface area contributed by atoms with Crippen LogP contribution in [-0.4, -0.2) is 44.8 Å². The molecule has 1 aromatic rings. The highest BCUT2D eigenvalue weighted by atomic mass is 19.3. The summed E-state index contributed by atoms with van der Waals surface area (Å²) in [5, 5.41) is 8.54. The van der Waals surface area contributed by atoms with Gasteiger partial charge >= 0.3 is 12.6 Å². The SMILES string of the molecule is COc1ccc(CCNC(=O)CCCNC(=O)NC2CCCCC2)cc1OC(F)F. The fraction of sp³-hybridized carbons (Fsp3) is 0.619. The third kappa shape index (κ3) is 8.84. The Morgan fingerprint density at radius 1 is 1.10 bits per heavy atom. The molecule has 7 nitrogen and oxygen atoms in total. The number of hydrogen-bond donors (Lipinski definition) is 3. The Bertz CT molecular complexity index is 682. The Balaban J connectivity index is 1.60. The highest BCUT2D eigenvalue weighted by Gasteiger charge is 2.15. The van der Waals surface area contributed by atoms with E-state index in [-0.39, 0.29) is 29.5 Å². The summed E-state index contributed by atoms with van der Waals surface area (Å²) >= 11 is 0. The van der Waals surface area contributed by atoms with Crippen molar-refractivity contribution in [3.63, 3.8) is 0 Å². The Morgan fingerprint density at radius 2 is 1.87 bits per heavy atom. The summed E-state index contributed by atoms with van der Waals surface area (Å²) in [6, 6.07) is 4.85. The standard InChI is InChI=1S/C21H31F2N3O4/c1-29-17-10-9-15(14-18(17)30-20(22)23)11-13-24-19(27)8-5-12-25-21(28)26-16-6-3-2-4-7-16/h9-10,14,16,20H,2-8,11-13H2,1H3,(H,24,27)(H2,25,26,28). The van der Waals surface area contributed by atoms with E-state index in [1.165, 1.54) is 19.6 Å². The van der Waals surface area contributed by atoms with Crippen molar-refractivity contribution in [3.8, 4) is 11.5 Å². The van der Waals surface area contributed by atoms with Gasteiger partial charge in [0.1, 0.15) is 0 Å². The number of hydrogen-bond acceptors (Lipinski definition) is 4. The van der Waals surface area contributed by atoms with E-state index in [1.54, 1.807) is 12.1 Å². The molecule has 0 spiro atoms. The van der Waals surface area contributed by atoms with Crippen LogP contribution in [0.2, 0.25) is 0 Å². The fourth-order valence-electron chi connectivity index (χ4n) is 3.43. The Kier molecular flexibility index (Phi) is 10.2. The molecule has 1 saturated carbocycles. The van der Waals surface area contributed by atoms with E-state index in [0.29, 0.717) is 32.4 Å². The number of alkyl halides is 2. The van der Waals surface area contributed by atoms with Crippen LogP contribution in [0.15, 0.2) is 18.2 Å². The monoisotopic (exact) mass is 427 g/mol. The topological polar surface area (TPSA) is 88.7 Å².